The van der Waals surface area contributed by atoms with E-state index in [9.17, 15) is 31.1 Å². The lowest BCUT2D eigenvalue weighted by Crippen LogP contribution is -2.56. The Kier molecular flexibility index (Phi) is 12.9. The summed E-state index contributed by atoms with van der Waals surface area (Å²) in [5.41, 5.74) is -1.87. The molecule has 0 aliphatic carbocycles. The molecular weight excluding hydrogens is 657 g/mol. The maximum Gasteiger partial charge on any atom is 0.416 e. The van der Waals surface area contributed by atoms with Crippen molar-refractivity contribution in [2.45, 2.75) is 44.2 Å². The first kappa shape index (κ1) is 37.5. The summed E-state index contributed by atoms with van der Waals surface area (Å²) in [6, 6.07) is 8.46. The third kappa shape index (κ3) is 8.89. The highest BCUT2D eigenvalue weighted by Gasteiger charge is 2.39. The van der Waals surface area contributed by atoms with Gasteiger partial charge in [-0.25, -0.2) is 0 Å². The second-order valence-electron chi connectivity index (χ2n) is 11.2. The van der Waals surface area contributed by atoms with Crippen LogP contribution < -0.4 is 0 Å². The number of fused-ring (bicyclic) bond motifs is 1. The lowest BCUT2D eigenvalue weighted by Gasteiger charge is -2.41. The molecule has 2 saturated heterocycles. The number of nitrogens with zero attached hydrogens (tertiary/aromatic N) is 3. The topological polar surface area (TPSA) is 51.8 Å². The van der Waals surface area contributed by atoms with Crippen LogP contribution in [0.15, 0.2) is 48.7 Å². The van der Waals surface area contributed by atoms with Crippen molar-refractivity contribution in [3.63, 3.8) is 0 Å². The summed E-state index contributed by atoms with van der Waals surface area (Å²) in [7, 11) is 0. The van der Waals surface area contributed by atoms with Crippen molar-refractivity contribution in [1.82, 2.24) is 19.7 Å². The number of hydrogen-bond acceptors (Lipinski definition) is 4. The molecule has 14 heteroatoms. The number of para-hydroxylation sites is 1. The van der Waals surface area contributed by atoms with Crippen LogP contribution in [0.1, 0.15) is 40.4 Å². The Balaban J connectivity index is 0.00000288. The van der Waals surface area contributed by atoms with Gasteiger partial charge in [0.2, 0.25) is 0 Å². The zero-order chi connectivity index (χ0) is 31.5. The van der Waals surface area contributed by atoms with Gasteiger partial charge in [0, 0.05) is 60.9 Å². The highest BCUT2D eigenvalue weighted by molar-refractivity contribution is 5.95. The third-order valence-corrected chi connectivity index (χ3v) is 8.32. The standard InChI is InChI=1S/C32H34F6N4O2.2ClH/c1-2-26-21-44-14-13-41(26)10-6-5-9-40-11-12-42(27(20-40)17-23-19-39-29-8-4-3-7-28(23)29)30(43)22-15-24(31(33,34)35)18-25(16-22)32(36,37)38;;/h3-4,7-8,15-16,18-19,26-27,39H,2,9-14,17,20-21H2,1H3;2*1H/t26-,27+;;/m0../s1. The van der Waals surface area contributed by atoms with Crippen LogP contribution in [-0.2, 0) is 23.5 Å². The molecule has 5 rings (SSSR count). The van der Waals surface area contributed by atoms with E-state index >= 15 is 0 Å². The summed E-state index contributed by atoms with van der Waals surface area (Å²) in [6.45, 7) is 6.17. The summed E-state index contributed by atoms with van der Waals surface area (Å²) in [4.78, 5) is 22.6. The van der Waals surface area contributed by atoms with E-state index in [-0.39, 0.29) is 37.4 Å². The van der Waals surface area contributed by atoms with Crippen molar-refractivity contribution < 1.29 is 35.9 Å². The number of carbonyl (C=O) groups is 1. The molecule has 46 heavy (non-hydrogen) atoms. The molecule has 1 amide bonds. The van der Waals surface area contributed by atoms with E-state index in [0.717, 1.165) is 29.4 Å². The van der Waals surface area contributed by atoms with Crippen molar-refractivity contribution in [3.05, 3.63) is 70.9 Å². The number of hydrogen-bond donors (Lipinski definition) is 1. The minimum absolute atomic E-state index is 0. The van der Waals surface area contributed by atoms with Gasteiger partial charge >= 0.3 is 12.4 Å². The second kappa shape index (κ2) is 15.8. The number of amides is 1. The molecule has 0 radical (unpaired) electrons. The number of benzene rings is 2. The smallest absolute Gasteiger partial charge is 0.378 e. The Morgan fingerprint density at radius 3 is 2.28 bits per heavy atom. The van der Waals surface area contributed by atoms with Gasteiger partial charge in [-0.1, -0.05) is 37.0 Å². The first-order valence-electron chi connectivity index (χ1n) is 14.6. The van der Waals surface area contributed by atoms with E-state index < -0.39 is 41.0 Å². The van der Waals surface area contributed by atoms with Gasteiger partial charge in [-0.2, -0.15) is 26.3 Å². The van der Waals surface area contributed by atoms with Crippen LogP contribution in [0.5, 0.6) is 0 Å². The van der Waals surface area contributed by atoms with E-state index in [0.29, 0.717) is 64.0 Å². The summed E-state index contributed by atoms with van der Waals surface area (Å²) < 4.78 is 86.9. The monoisotopic (exact) mass is 692 g/mol. The number of ether oxygens (including phenoxy) is 1. The van der Waals surface area contributed by atoms with Gasteiger partial charge in [0.1, 0.15) is 0 Å². The van der Waals surface area contributed by atoms with E-state index in [1.807, 2.05) is 30.5 Å². The predicted octanol–water partition coefficient (Wildman–Crippen LogP) is 6.53. The number of piperazine rings is 1. The van der Waals surface area contributed by atoms with Gasteiger partial charge in [0.05, 0.1) is 37.4 Å². The minimum atomic E-state index is -5.05. The molecule has 1 aromatic heterocycles. The number of morpholine rings is 1. The molecule has 2 aliphatic heterocycles. The third-order valence-electron chi connectivity index (χ3n) is 8.32. The number of alkyl halides is 6. The Labute approximate surface area is 276 Å². The molecule has 0 saturated carbocycles. The molecule has 3 heterocycles. The highest BCUT2D eigenvalue weighted by Crippen LogP contribution is 2.37. The fraction of sp³-hybridized carbons (Fsp3) is 0.469. The number of aromatic amines is 1. The lowest BCUT2D eigenvalue weighted by atomic mass is 9.98. The van der Waals surface area contributed by atoms with Gasteiger partial charge in [-0.15, -0.1) is 24.8 Å². The average molecular weight is 694 g/mol. The minimum Gasteiger partial charge on any atom is -0.378 e. The Morgan fingerprint density at radius 1 is 0.935 bits per heavy atom. The van der Waals surface area contributed by atoms with E-state index in [2.05, 4.69) is 33.5 Å². The summed E-state index contributed by atoms with van der Waals surface area (Å²) in [6.07, 6.45) is -6.95. The predicted molar refractivity (Wildman–Crippen MR) is 168 cm³/mol. The Hall–Kier alpha value is -2.95. The number of H-pyrrole nitrogens is 1. The van der Waals surface area contributed by atoms with Crippen LogP contribution >= 0.6 is 24.8 Å². The van der Waals surface area contributed by atoms with E-state index in [1.165, 1.54) is 4.90 Å². The summed E-state index contributed by atoms with van der Waals surface area (Å²) in [5, 5.41) is 0.936. The Bertz CT molecular complexity index is 1500. The maximum atomic E-state index is 13.7. The van der Waals surface area contributed by atoms with Crippen LogP contribution in [0.4, 0.5) is 26.3 Å². The molecule has 1 N–H and O–H groups in total. The first-order valence-corrected chi connectivity index (χ1v) is 14.6. The fourth-order valence-corrected chi connectivity index (χ4v) is 5.90. The van der Waals surface area contributed by atoms with Gasteiger partial charge < -0.3 is 14.6 Å². The van der Waals surface area contributed by atoms with Gasteiger partial charge in [0.25, 0.3) is 5.91 Å². The molecule has 0 spiro atoms. The molecule has 6 nitrogen and oxygen atoms in total. The number of halogens is 8. The van der Waals surface area contributed by atoms with Crippen LogP contribution in [0.25, 0.3) is 10.9 Å². The zero-order valence-electron chi connectivity index (χ0n) is 25.1. The van der Waals surface area contributed by atoms with Gasteiger partial charge in [-0.3, -0.25) is 14.6 Å². The summed E-state index contributed by atoms with van der Waals surface area (Å²) in [5.74, 6) is 5.58. The van der Waals surface area contributed by atoms with Crippen molar-refractivity contribution >= 4 is 41.6 Å². The maximum absolute atomic E-state index is 13.7. The SMILES string of the molecule is CC[C@H]1COCCN1CC#CCN1CCN(C(=O)c2cc(C(F)(F)F)cc(C(F)(F)F)c2)[C@H](Cc2c[nH]c3ccccc23)C1.Cl.Cl. The second-order valence-corrected chi connectivity index (χ2v) is 11.2. The quantitative estimate of drug-likeness (QED) is 0.236. The van der Waals surface area contributed by atoms with Crippen LogP contribution in [0.2, 0.25) is 0 Å². The molecule has 2 aromatic carbocycles. The van der Waals surface area contributed by atoms with Gasteiger partial charge in [0.15, 0.2) is 0 Å². The van der Waals surface area contributed by atoms with Crippen LogP contribution in [-0.4, -0.2) is 90.2 Å². The van der Waals surface area contributed by atoms with E-state index in [4.69, 9.17) is 4.74 Å². The van der Waals surface area contributed by atoms with Crippen molar-refractivity contribution in [2.75, 3.05) is 52.5 Å². The average Bonchev–Trinajstić information content (AvgIpc) is 3.41. The number of nitrogens with one attached hydrogen (secondary N) is 1. The van der Waals surface area contributed by atoms with Crippen LogP contribution in [0.3, 0.4) is 0 Å². The molecule has 2 atom stereocenters. The van der Waals surface area contributed by atoms with E-state index in [1.54, 1.807) is 0 Å². The zero-order valence-corrected chi connectivity index (χ0v) is 26.7. The van der Waals surface area contributed by atoms with Gasteiger partial charge in [-0.05, 0) is 42.7 Å². The van der Waals surface area contributed by atoms with Crippen LogP contribution in [0, 0.1) is 11.8 Å². The molecule has 0 unspecified atom stereocenters. The number of carbonyl (C=O) groups excluding carboxylic acids is 1. The molecular formula is C32H36Cl2F6N4O2. The molecule has 252 valence electrons. The van der Waals surface area contributed by atoms with Crippen molar-refractivity contribution in [3.8, 4) is 11.8 Å². The highest BCUT2D eigenvalue weighted by atomic mass is 35.5. The largest absolute Gasteiger partial charge is 0.416 e. The first-order chi connectivity index (χ1) is 20.9. The number of aromatic nitrogens is 1. The molecule has 2 aliphatic rings. The normalized spacial score (nSPS) is 19.6. The fourth-order valence-electron chi connectivity index (χ4n) is 5.90. The molecule has 0 bridgehead atoms. The van der Waals surface area contributed by atoms with Crippen molar-refractivity contribution in [1.29, 1.82) is 0 Å². The lowest BCUT2D eigenvalue weighted by molar-refractivity contribution is -0.143. The van der Waals surface area contributed by atoms with Crippen molar-refractivity contribution in [2.24, 2.45) is 0 Å². The molecule has 3 aromatic rings. The Morgan fingerprint density at radius 2 is 1.61 bits per heavy atom. The number of rotatable bonds is 6. The molecule has 2 fully saturated rings. The summed E-state index contributed by atoms with van der Waals surface area (Å²) >= 11 is 0.